The first-order chi connectivity index (χ1) is 12.2. The standard InChI is InChI=1S/C19H22ClN3O2/c1-25-17-7-6-15(13-16(17)20)22-18-12-14(8-9-21-18)19(24)23-10-4-2-3-5-11-23/h6-9,12-13H,2-5,10-11H2,1H3,(H,21,22). The van der Waals surface area contributed by atoms with Gasteiger partial charge >= 0.3 is 0 Å². The minimum atomic E-state index is 0.0695. The van der Waals surface area contributed by atoms with Gasteiger partial charge in [0, 0.05) is 30.5 Å². The van der Waals surface area contributed by atoms with Gasteiger partial charge in [-0.25, -0.2) is 4.98 Å². The summed E-state index contributed by atoms with van der Waals surface area (Å²) in [6, 6.07) is 8.96. The summed E-state index contributed by atoms with van der Waals surface area (Å²) in [7, 11) is 1.58. The van der Waals surface area contributed by atoms with Gasteiger partial charge < -0.3 is 15.0 Å². The molecule has 0 bridgehead atoms. The van der Waals surface area contributed by atoms with E-state index in [2.05, 4.69) is 10.3 Å². The van der Waals surface area contributed by atoms with Crippen LogP contribution < -0.4 is 10.1 Å². The van der Waals surface area contributed by atoms with Crippen LogP contribution in [0, 0.1) is 0 Å². The van der Waals surface area contributed by atoms with Crippen molar-refractivity contribution in [3.63, 3.8) is 0 Å². The van der Waals surface area contributed by atoms with Gasteiger partial charge in [-0.1, -0.05) is 24.4 Å². The number of carbonyl (C=O) groups excluding carboxylic acids is 1. The van der Waals surface area contributed by atoms with Gasteiger partial charge in [-0.2, -0.15) is 0 Å². The van der Waals surface area contributed by atoms with E-state index in [1.165, 1.54) is 12.8 Å². The molecule has 132 valence electrons. The molecule has 1 aliphatic rings. The summed E-state index contributed by atoms with van der Waals surface area (Å²) >= 11 is 6.15. The Morgan fingerprint density at radius 2 is 1.92 bits per heavy atom. The van der Waals surface area contributed by atoms with Crippen LogP contribution in [0.2, 0.25) is 5.02 Å². The van der Waals surface area contributed by atoms with Gasteiger partial charge in [0.1, 0.15) is 11.6 Å². The highest BCUT2D eigenvalue weighted by molar-refractivity contribution is 6.32. The molecule has 1 saturated heterocycles. The summed E-state index contributed by atoms with van der Waals surface area (Å²) < 4.78 is 5.15. The normalized spacial score (nSPS) is 14.7. The Morgan fingerprint density at radius 1 is 1.16 bits per heavy atom. The average molecular weight is 360 g/mol. The van der Waals surface area contributed by atoms with Gasteiger partial charge in [0.2, 0.25) is 0 Å². The van der Waals surface area contributed by atoms with Gasteiger partial charge in [0.15, 0.2) is 0 Å². The second-order valence-electron chi connectivity index (χ2n) is 6.11. The fourth-order valence-corrected chi connectivity index (χ4v) is 3.24. The van der Waals surface area contributed by atoms with Crippen molar-refractivity contribution in [1.82, 2.24) is 9.88 Å². The first-order valence-electron chi connectivity index (χ1n) is 8.53. The molecule has 1 amide bonds. The maximum atomic E-state index is 12.7. The number of amides is 1. The largest absolute Gasteiger partial charge is 0.495 e. The average Bonchev–Trinajstić information content (AvgIpc) is 2.91. The second kappa shape index (κ2) is 8.21. The Labute approximate surface area is 153 Å². The van der Waals surface area contributed by atoms with E-state index in [0.717, 1.165) is 31.6 Å². The van der Waals surface area contributed by atoms with Gasteiger partial charge in [-0.05, 0) is 43.2 Å². The number of nitrogens with one attached hydrogen (secondary N) is 1. The van der Waals surface area contributed by atoms with Crippen LogP contribution in [0.3, 0.4) is 0 Å². The highest BCUT2D eigenvalue weighted by Crippen LogP contribution is 2.28. The van der Waals surface area contributed by atoms with Crippen LogP contribution in [0.25, 0.3) is 0 Å². The van der Waals surface area contributed by atoms with Crippen LogP contribution in [-0.4, -0.2) is 36.0 Å². The molecular formula is C19H22ClN3O2. The van der Waals surface area contributed by atoms with Crippen LogP contribution in [0.4, 0.5) is 11.5 Å². The number of pyridine rings is 1. The fraction of sp³-hybridized carbons (Fsp3) is 0.368. The third kappa shape index (κ3) is 4.42. The molecule has 0 atom stereocenters. The SMILES string of the molecule is COc1ccc(Nc2cc(C(=O)N3CCCCCC3)ccn2)cc1Cl. The van der Waals surface area contributed by atoms with E-state index in [1.54, 1.807) is 37.6 Å². The molecule has 25 heavy (non-hydrogen) atoms. The zero-order valence-electron chi connectivity index (χ0n) is 14.3. The molecular weight excluding hydrogens is 338 g/mol. The topological polar surface area (TPSA) is 54.5 Å². The lowest BCUT2D eigenvalue weighted by atomic mass is 10.2. The third-order valence-electron chi connectivity index (χ3n) is 4.32. The number of carbonyl (C=O) groups is 1. The summed E-state index contributed by atoms with van der Waals surface area (Å²) in [5.41, 5.74) is 1.44. The molecule has 0 aliphatic carbocycles. The van der Waals surface area contributed by atoms with E-state index in [-0.39, 0.29) is 5.91 Å². The number of benzene rings is 1. The number of methoxy groups -OCH3 is 1. The van der Waals surface area contributed by atoms with E-state index in [4.69, 9.17) is 16.3 Å². The number of hydrogen-bond donors (Lipinski definition) is 1. The Morgan fingerprint density at radius 3 is 2.60 bits per heavy atom. The molecule has 1 N–H and O–H groups in total. The molecule has 0 unspecified atom stereocenters. The number of likely N-dealkylation sites (tertiary alicyclic amines) is 1. The van der Waals surface area contributed by atoms with E-state index >= 15 is 0 Å². The molecule has 3 rings (SSSR count). The molecule has 0 radical (unpaired) electrons. The number of rotatable bonds is 4. The predicted octanol–water partition coefficient (Wildman–Crippen LogP) is 4.50. The van der Waals surface area contributed by atoms with Crippen molar-refractivity contribution in [3.8, 4) is 5.75 Å². The molecule has 2 aromatic rings. The molecule has 0 saturated carbocycles. The molecule has 0 spiro atoms. The highest BCUT2D eigenvalue weighted by Gasteiger charge is 2.17. The monoisotopic (exact) mass is 359 g/mol. The van der Waals surface area contributed by atoms with Crippen LogP contribution in [0.5, 0.6) is 5.75 Å². The Hall–Kier alpha value is -2.27. The van der Waals surface area contributed by atoms with Crippen molar-refractivity contribution in [2.75, 3.05) is 25.5 Å². The van der Waals surface area contributed by atoms with Crippen LogP contribution >= 0.6 is 11.6 Å². The second-order valence-corrected chi connectivity index (χ2v) is 6.52. The Kier molecular flexibility index (Phi) is 5.76. The highest BCUT2D eigenvalue weighted by atomic mass is 35.5. The predicted molar refractivity (Wildman–Crippen MR) is 99.9 cm³/mol. The van der Waals surface area contributed by atoms with Crippen molar-refractivity contribution in [2.45, 2.75) is 25.7 Å². The first-order valence-corrected chi connectivity index (χ1v) is 8.91. The number of halogens is 1. The lowest BCUT2D eigenvalue weighted by molar-refractivity contribution is 0.0761. The lowest BCUT2D eigenvalue weighted by Gasteiger charge is -2.20. The van der Waals surface area contributed by atoms with E-state index in [0.29, 0.717) is 22.2 Å². The number of aromatic nitrogens is 1. The van der Waals surface area contributed by atoms with Crippen molar-refractivity contribution in [1.29, 1.82) is 0 Å². The molecule has 2 heterocycles. The molecule has 5 nitrogen and oxygen atoms in total. The molecule has 1 aromatic carbocycles. The number of anilines is 2. The van der Waals surface area contributed by atoms with Gasteiger partial charge in [-0.15, -0.1) is 0 Å². The van der Waals surface area contributed by atoms with E-state index in [9.17, 15) is 4.79 Å². The Balaban J connectivity index is 1.74. The minimum Gasteiger partial charge on any atom is -0.495 e. The van der Waals surface area contributed by atoms with Crippen LogP contribution in [-0.2, 0) is 0 Å². The summed E-state index contributed by atoms with van der Waals surface area (Å²) in [6.45, 7) is 1.66. The van der Waals surface area contributed by atoms with Crippen molar-refractivity contribution in [2.24, 2.45) is 0 Å². The van der Waals surface area contributed by atoms with Crippen LogP contribution in [0.1, 0.15) is 36.0 Å². The summed E-state index contributed by atoms with van der Waals surface area (Å²) in [5.74, 6) is 1.30. The van der Waals surface area contributed by atoms with Crippen LogP contribution in [0.15, 0.2) is 36.5 Å². The molecule has 1 aromatic heterocycles. The summed E-state index contributed by atoms with van der Waals surface area (Å²) in [4.78, 5) is 19.0. The molecule has 1 aliphatic heterocycles. The quantitative estimate of drug-likeness (QED) is 0.873. The fourth-order valence-electron chi connectivity index (χ4n) is 2.98. The zero-order chi connectivity index (χ0) is 17.6. The zero-order valence-corrected chi connectivity index (χ0v) is 15.1. The molecule has 1 fully saturated rings. The number of hydrogen-bond acceptors (Lipinski definition) is 4. The number of ether oxygens (including phenoxy) is 1. The van der Waals surface area contributed by atoms with Gasteiger partial charge in [-0.3, -0.25) is 4.79 Å². The van der Waals surface area contributed by atoms with Crippen molar-refractivity contribution >= 4 is 29.0 Å². The third-order valence-corrected chi connectivity index (χ3v) is 4.62. The lowest BCUT2D eigenvalue weighted by Crippen LogP contribution is -2.31. The maximum absolute atomic E-state index is 12.7. The maximum Gasteiger partial charge on any atom is 0.254 e. The van der Waals surface area contributed by atoms with E-state index < -0.39 is 0 Å². The summed E-state index contributed by atoms with van der Waals surface area (Å²) in [6.07, 6.45) is 6.20. The van der Waals surface area contributed by atoms with Crippen molar-refractivity contribution in [3.05, 3.63) is 47.1 Å². The van der Waals surface area contributed by atoms with Gasteiger partial charge in [0.05, 0.1) is 12.1 Å². The van der Waals surface area contributed by atoms with E-state index in [1.807, 2.05) is 11.0 Å². The van der Waals surface area contributed by atoms with Gasteiger partial charge in [0.25, 0.3) is 5.91 Å². The number of nitrogens with zero attached hydrogens (tertiary/aromatic N) is 2. The summed E-state index contributed by atoms with van der Waals surface area (Å²) in [5, 5.41) is 3.70. The molecule has 6 heteroatoms. The van der Waals surface area contributed by atoms with Crippen molar-refractivity contribution < 1.29 is 9.53 Å². The Bertz CT molecular complexity index is 743. The smallest absolute Gasteiger partial charge is 0.254 e. The first kappa shape index (κ1) is 17.5. The minimum absolute atomic E-state index is 0.0695.